The van der Waals surface area contributed by atoms with Gasteiger partial charge in [-0.3, -0.25) is 0 Å². The maximum absolute atomic E-state index is 3.66. The third-order valence-corrected chi connectivity index (χ3v) is 3.96. The maximum Gasteiger partial charge on any atom is 0.00967 e. The van der Waals surface area contributed by atoms with Crippen molar-refractivity contribution in [3.63, 3.8) is 0 Å². The highest BCUT2D eigenvalue weighted by atomic mass is 15.0. The van der Waals surface area contributed by atoms with Gasteiger partial charge in [0.1, 0.15) is 0 Å². The van der Waals surface area contributed by atoms with E-state index in [9.17, 15) is 0 Å². The molecule has 0 radical (unpaired) electrons. The van der Waals surface area contributed by atoms with E-state index in [1.54, 1.807) is 0 Å². The largest absolute Gasteiger partial charge is 0.312 e. The molecule has 1 atom stereocenters. The van der Waals surface area contributed by atoms with Gasteiger partial charge in [-0.15, -0.1) is 0 Å². The Hall–Kier alpha value is -0.820. The number of rotatable bonds is 6. The van der Waals surface area contributed by atoms with Gasteiger partial charge >= 0.3 is 0 Å². The summed E-state index contributed by atoms with van der Waals surface area (Å²) in [6, 6.07) is 9.12. The highest BCUT2D eigenvalue weighted by Gasteiger charge is 2.24. The van der Waals surface area contributed by atoms with Crippen molar-refractivity contribution < 1.29 is 0 Å². The Morgan fingerprint density at radius 3 is 1.84 bits per heavy atom. The molecule has 1 heteroatoms. The highest BCUT2D eigenvalue weighted by molar-refractivity contribution is 5.23. The Morgan fingerprint density at radius 2 is 1.42 bits per heavy atom. The van der Waals surface area contributed by atoms with Gasteiger partial charge in [0.25, 0.3) is 0 Å². The molecule has 0 heterocycles. The summed E-state index contributed by atoms with van der Waals surface area (Å²) < 4.78 is 0. The van der Waals surface area contributed by atoms with Crippen LogP contribution in [0.25, 0.3) is 0 Å². The van der Waals surface area contributed by atoms with E-state index in [1.165, 1.54) is 17.5 Å². The molecule has 0 saturated carbocycles. The molecule has 0 aliphatic rings. The van der Waals surface area contributed by atoms with Gasteiger partial charge in [0.15, 0.2) is 0 Å². The van der Waals surface area contributed by atoms with E-state index in [0.717, 1.165) is 19.4 Å². The zero-order valence-electron chi connectivity index (χ0n) is 13.6. The van der Waals surface area contributed by atoms with Crippen molar-refractivity contribution in [3.8, 4) is 0 Å². The maximum atomic E-state index is 3.66. The Kier molecular flexibility index (Phi) is 5.61. The summed E-state index contributed by atoms with van der Waals surface area (Å²) in [4.78, 5) is 0. The molecule has 0 aliphatic carbocycles. The smallest absolute Gasteiger partial charge is 0.00967 e. The minimum Gasteiger partial charge on any atom is -0.312 e. The predicted octanol–water partition coefficient (Wildman–Crippen LogP) is 4.60. The molecule has 1 nitrogen and oxygen atoms in total. The second-order valence-corrected chi connectivity index (χ2v) is 7.11. The van der Waals surface area contributed by atoms with Crippen LogP contribution in [0.1, 0.15) is 59.1 Å². The van der Waals surface area contributed by atoms with Crippen LogP contribution >= 0.6 is 0 Å². The van der Waals surface area contributed by atoms with Crippen molar-refractivity contribution in [1.29, 1.82) is 0 Å². The quantitative estimate of drug-likeness (QED) is 0.789. The molecule has 19 heavy (non-hydrogen) atoms. The Morgan fingerprint density at radius 1 is 0.895 bits per heavy atom. The average Bonchev–Trinajstić information content (AvgIpc) is 2.37. The lowest BCUT2D eigenvalue weighted by Crippen LogP contribution is -2.43. The Balaban J connectivity index is 2.68. The summed E-state index contributed by atoms with van der Waals surface area (Å²) in [5, 5.41) is 3.66. The lowest BCUT2D eigenvalue weighted by atomic mass is 9.80. The molecular formula is C18H31N. The van der Waals surface area contributed by atoms with Gasteiger partial charge < -0.3 is 5.32 Å². The molecule has 0 amide bonds. The van der Waals surface area contributed by atoms with Crippen LogP contribution in [0.5, 0.6) is 0 Å². The second kappa shape index (κ2) is 6.56. The second-order valence-electron chi connectivity index (χ2n) is 7.11. The van der Waals surface area contributed by atoms with Crippen molar-refractivity contribution in [2.45, 2.75) is 66.3 Å². The fourth-order valence-corrected chi connectivity index (χ4v) is 2.18. The molecule has 0 bridgehead atoms. The molecule has 1 unspecified atom stereocenters. The van der Waals surface area contributed by atoms with E-state index in [-0.39, 0.29) is 5.54 Å². The molecule has 0 fully saturated rings. The van der Waals surface area contributed by atoms with Gasteiger partial charge in [-0.05, 0) is 56.6 Å². The number of hydrogen-bond acceptors (Lipinski definition) is 1. The van der Waals surface area contributed by atoms with Gasteiger partial charge in [0.05, 0.1) is 0 Å². The van der Waals surface area contributed by atoms with Crippen LogP contribution in [0.4, 0.5) is 0 Å². The summed E-state index contributed by atoms with van der Waals surface area (Å²) >= 11 is 0. The standard InChI is InChI=1S/C18H31N/c1-7-15-9-11-16(12-10-15)13-18(6,8-2)14-19-17(3,4)5/h9-12,19H,7-8,13-14H2,1-6H3. The summed E-state index contributed by atoms with van der Waals surface area (Å²) in [6.45, 7) is 14.7. The van der Waals surface area contributed by atoms with E-state index in [2.05, 4.69) is 71.1 Å². The molecule has 1 aromatic carbocycles. The number of benzene rings is 1. The predicted molar refractivity (Wildman–Crippen MR) is 85.7 cm³/mol. The first-order valence-corrected chi connectivity index (χ1v) is 7.61. The summed E-state index contributed by atoms with van der Waals surface area (Å²) in [7, 11) is 0. The van der Waals surface area contributed by atoms with Crippen molar-refractivity contribution >= 4 is 0 Å². The van der Waals surface area contributed by atoms with Crippen LogP contribution in [0.15, 0.2) is 24.3 Å². The van der Waals surface area contributed by atoms with Crippen LogP contribution in [0, 0.1) is 5.41 Å². The molecule has 108 valence electrons. The minimum atomic E-state index is 0.197. The van der Waals surface area contributed by atoms with Gasteiger partial charge in [-0.25, -0.2) is 0 Å². The van der Waals surface area contributed by atoms with E-state index in [0.29, 0.717) is 5.41 Å². The molecule has 0 saturated heterocycles. The van der Waals surface area contributed by atoms with Crippen LogP contribution in [-0.2, 0) is 12.8 Å². The van der Waals surface area contributed by atoms with Crippen LogP contribution in [0.3, 0.4) is 0 Å². The Labute approximate surface area is 119 Å². The Bertz CT molecular complexity index is 372. The first-order chi connectivity index (χ1) is 8.78. The fraction of sp³-hybridized carbons (Fsp3) is 0.667. The highest BCUT2D eigenvalue weighted by Crippen LogP contribution is 2.26. The summed E-state index contributed by atoms with van der Waals surface area (Å²) in [5.74, 6) is 0. The molecule has 1 rings (SSSR count). The summed E-state index contributed by atoms with van der Waals surface area (Å²) in [6.07, 6.45) is 3.47. The number of aryl methyl sites for hydroxylation is 1. The van der Waals surface area contributed by atoms with E-state index < -0.39 is 0 Å². The van der Waals surface area contributed by atoms with Crippen molar-refractivity contribution in [2.24, 2.45) is 5.41 Å². The third-order valence-electron chi connectivity index (χ3n) is 3.96. The van der Waals surface area contributed by atoms with Crippen molar-refractivity contribution in [2.75, 3.05) is 6.54 Å². The van der Waals surface area contributed by atoms with Crippen LogP contribution < -0.4 is 5.32 Å². The molecular weight excluding hydrogens is 230 g/mol. The number of nitrogens with one attached hydrogen (secondary N) is 1. The fourth-order valence-electron chi connectivity index (χ4n) is 2.18. The van der Waals surface area contributed by atoms with E-state index in [4.69, 9.17) is 0 Å². The molecule has 1 N–H and O–H groups in total. The van der Waals surface area contributed by atoms with Gasteiger partial charge in [0.2, 0.25) is 0 Å². The van der Waals surface area contributed by atoms with Gasteiger partial charge in [-0.1, -0.05) is 45.0 Å². The topological polar surface area (TPSA) is 12.0 Å². The molecule has 0 spiro atoms. The van der Waals surface area contributed by atoms with E-state index in [1.807, 2.05) is 0 Å². The summed E-state index contributed by atoms with van der Waals surface area (Å²) in [5.41, 5.74) is 3.41. The van der Waals surface area contributed by atoms with Gasteiger partial charge in [0, 0.05) is 12.1 Å². The van der Waals surface area contributed by atoms with Crippen molar-refractivity contribution in [3.05, 3.63) is 35.4 Å². The SMILES string of the molecule is CCc1ccc(CC(C)(CC)CNC(C)(C)C)cc1. The van der Waals surface area contributed by atoms with Crippen LogP contribution in [-0.4, -0.2) is 12.1 Å². The van der Waals surface area contributed by atoms with Crippen molar-refractivity contribution in [1.82, 2.24) is 5.32 Å². The normalized spacial score (nSPS) is 15.3. The lowest BCUT2D eigenvalue weighted by molar-refractivity contribution is 0.255. The number of hydrogen-bond donors (Lipinski definition) is 1. The van der Waals surface area contributed by atoms with Crippen LogP contribution in [0.2, 0.25) is 0 Å². The first-order valence-electron chi connectivity index (χ1n) is 7.61. The van der Waals surface area contributed by atoms with Gasteiger partial charge in [-0.2, -0.15) is 0 Å². The van der Waals surface area contributed by atoms with E-state index >= 15 is 0 Å². The lowest BCUT2D eigenvalue weighted by Gasteiger charge is -2.33. The molecule has 1 aromatic rings. The zero-order chi connectivity index (χ0) is 14.5. The minimum absolute atomic E-state index is 0.197. The molecule has 0 aliphatic heterocycles. The monoisotopic (exact) mass is 261 g/mol. The first kappa shape index (κ1) is 16.2. The zero-order valence-corrected chi connectivity index (χ0v) is 13.6. The third kappa shape index (κ3) is 5.78. The molecule has 0 aromatic heterocycles. The average molecular weight is 261 g/mol.